The summed E-state index contributed by atoms with van der Waals surface area (Å²) in [6.45, 7) is 1.98. The second-order valence-corrected chi connectivity index (χ2v) is 7.01. The smallest absolute Gasteiger partial charge is 0.338 e. The van der Waals surface area contributed by atoms with Crippen molar-refractivity contribution in [2.45, 2.75) is 19.4 Å². The van der Waals surface area contributed by atoms with Gasteiger partial charge < -0.3 is 15.0 Å². The van der Waals surface area contributed by atoms with E-state index in [2.05, 4.69) is 5.32 Å². The highest BCUT2D eigenvalue weighted by Crippen LogP contribution is 2.25. The number of benzene rings is 2. The lowest BCUT2D eigenvalue weighted by Gasteiger charge is -2.17. The predicted octanol–water partition coefficient (Wildman–Crippen LogP) is 2.31. The first kappa shape index (κ1) is 21.0. The van der Waals surface area contributed by atoms with Crippen molar-refractivity contribution in [3.63, 3.8) is 0 Å². The van der Waals surface area contributed by atoms with Crippen LogP contribution >= 0.6 is 0 Å². The average molecular weight is 409 g/mol. The molecule has 1 aliphatic heterocycles. The fourth-order valence-corrected chi connectivity index (χ4v) is 3.15. The average Bonchev–Trinajstić information content (AvgIpc) is 3.01. The summed E-state index contributed by atoms with van der Waals surface area (Å²) in [4.78, 5) is 51.6. The van der Waals surface area contributed by atoms with Crippen LogP contribution in [0.4, 0.5) is 11.4 Å². The van der Waals surface area contributed by atoms with E-state index in [4.69, 9.17) is 4.74 Å². The number of anilines is 2. The Kier molecular flexibility index (Phi) is 6.15. The molecule has 0 bridgehead atoms. The lowest BCUT2D eigenvalue weighted by atomic mass is 10.1. The van der Waals surface area contributed by atoms with Gasteiger partial charge in [0.05, 0.1) is 24.3 Å². The molecule has 1 heterocycles. The molecule has 3 rings (SSSR count). The maximum atomic E-state index is 12.8. The van der Waals surface area contributed by atoms with Gasteiger partial charge in [0, 0.05) is 25.3 Å². The second kappa shape index (κ2) is 8.77. The van der Waals surface area contributed by atoms with Gasteiger partial charge in [-0.05, 0) is 55.5 Å². The van der Waals surface area contributed by atoms with Gasteiger partial charge in [-0.15, -0.1) is 0 Å². The largest absolute Gasteiger partial charge is 0.462 e. The van der Waals surface area contributed by atoms with Gasteiger partial charge >= 0.3 is 5.97 Å². The van der Waals surface area contributed by atoms with Crippen LogP contribution in [0.2, 0.25) is 0 Å². The van der Waals surface area contributed by atoms with Crippen LogP contribution < -0.4 is 10.2 Å². The van der Waals surface area contributed by atoms with Crippen LogP contribution in [0.1, 0.15) is 34.1 Å². The predicted molar refractivity (Wildman–Crippen MR) is 111 cm³/mol. The Balaban J connectivity index is 1.70. The number of hydrogen-bond acceptors (Lipinski definition) is 6. The summed E-state index contributed by atoms with van der Waals surface area (Å²) in [7, 11) is 3.34. The molecule has 2 aromatic rings. The molecular weight excluding hydrogens is 386 g/mol. The molecule has 30 heavy (non-hydrogen) atoms. The zero-order valence-electron chi connectivity index (χ0n) is 17.0. The Hall–Kier alpha value is -3.68. The third-order valence-electron chi connectivity index (χ3n) is 4.66. The van der Waals surface area contributed by atoms with Crippen LogP contribution in [0.25, 0.3) is 0 Å². The first-order valence-electron chi connectivity index (χ1n) is 9.54. The molecule has 0 spiro atoms. The number of esters is 1. The van der Waals surface area contributed by atoms with Crippen LogP contribution in [-0.2, 0) is 14.3 Å². The third-order valence-corrected chi connectivity index (χ3v) is 4.66. The van der Waals surface area contributed by atoms with E-state index in [1.165, 1.54) is 17.0 Å². The minimum atomic E-state index is -0.711. The normalized spacial score (nSPS) is 15.8. The molecule has 0 saturated carbocycles. The maximum Gasteiger partial charge on any atom is 0.338 e. The van der Waals surface area contributed by atoms with E-state index in [0.29, 0.717) is 22.5 Å². The lowest BCUT2D eigenvalue weighted by Crippen LogP contribution is -2.34. The van der Waals surface area contributed by atoms with Crippen LogP contribution in [-0.4, -0.2) is 55.3 Å². The minimum Gasteiger partial charge on any atom is -0.462 e. The van der Waals surface area contributed by atoms with Gasteiger partial charge in [-0.1, -0.05) is 0 Å². The molecule has 8 nitrogen and oxygen atoms in total. The number of ether oxygens (including phenoxy) is 1. The first-order chi connectivity index (χ1) is 14.3. The fourth-order valence-electron chi connectivity index (χ4n) is 3.15. The summed E-state index contributed by atoms with van der Waals surface area (Å²) in [6.07, 6.45) is 0.0108. The first-order valence-corrected chi connectivity index (χ1v) is 9.54. The molecule has 8 heteroatoms. The third kappa shape index (κ3) is 4.32. The Bertz CT molecular complexity index is 967. The number of carbonyl (C=O) groups excluding carboxylic acids is 4. The lowest BCUT2D eigenvalue weighted by molar-refractivity contribution is -0.121. The van der Waals surface area contributed by atoms with E-state index in [1.807, 2.05) is 0 Å². The van der Waals surface area contributed by atoms with E-state index >= 15 is 0 Å². The summed E-state index contributed by atoms with van der Waals surface area (Å²) in [6, 6.07) is 12.2. The molecule has 0 aromatic heterocycles. The number of rotatable bonds is 6. The Morgan fingerprint density at radius 3 is 2.20 bits per heavy atom. The second-order valence-electron chi connectivity index (χ2n) is 7.01. The van der Waals surface area contributed by atoms with Gasteiger partial charge in [0.25, 0.3) is 11.8 Å². The van der Waals surface area contributed by atoms with E-state index in [-0.39, 0.29) is 30.7 Å². The van der Waals surface area contributed by atoms with Crippen molar-refractivity contribution in [2.75, 3.05) is 30.9 Å². The zero-order chi connectivity index (χ0) is 21.8. The molecule has 1 N–H and O–H groups in total. The molecule has 156 valence electrons. The number of nitrogens with one attached hydrogen (secondary N) is 1. The monoisotopic (exact) mass is 409 g/mol. The molecule has 0 radical (unpaired) electrons. The topological polar surface area (TPSA) is 96.0 Å². The number of carbonyl (C=O) groups is 4. The molecule has 0 aliphatic carbocycles. The van der Waals surface area contributed by atoms with Crippen molar-refractivity contribution in [3.05, 3.63) is 59.7 Å². The highest BCUT2D eigenvalue weighted by Gasteiger charge is 2.39. The summed E-state index contributed by atoms with van der Waals surface area (Å²) < 4.78 is 4.93. The Labute approximate surface area is 174 Å². The van der Waals surface area contributed by atoms with Crippen molar-refractivity contribution in [1.82, 2.24) is 4.90 Å². The molecule has 1 fully saturated rings. The van der Waals surface area contributed by atoms with Gasteiger partial charge in [-0.2, -0.15) is 0 Å². The molecule has 3 amide bonds. The summed E-state index contributed by atoms with van der Waals surface area (Å²) in [5, 5.41) is 3.05. The number of hydrogen-bond donors (Lipinski definition) is 1. The van der Waals surface area contributed by atoms with Gasteiger partial charge in [0.15, 0.2) is 0 Å². The molecule has 0 unspecified atom stereocenters. The molecule has 2 aromatic carbocycles. The van der Waals surface area contributed by atoms with Crippen LogP contribution in [0, 0.1) is 0 Å². The minimum absolute atomic E-state index is 0.0108. The van der Waals surface area contributed by atoms with Crippen molar-refractivity contribution in [3.8, 4) is 0 Å². The van der Waals surface area contributed by atoms with Crippen molar-refractivity contribution in [2.24, 2.45) is 0 Å². The van der Waals surface area contributed by atoms with Gasteiger partial charge in [-0.25, -0.2) is 9.69 Å². The standard InChI is InChI=1S/C22H23N3O5/c1-4-30-22(29)15-7-11-17(12-8-15)25-19(26)13-18(21(25)28)23-16-9-5-14(6-10-16)20(27)24(2)3/h5-12,18,23H,4,13H2,1-3H3/t18-/m0/s1. The highest BCUT2D eigenvalue weighted by molar-refractivity contribution is 6.23. The quantitative estimate of drug-likeness (QED) is 0.581. The molecule has 1 aliphatic rings. The van der Waals surface area contributed by atoms with Crippen molar-refractivity contribution in [1.29, 1.82) is 0 Å². The highest BCUT2D eigenvalue weighted by atomic mass is 16.5. The SMILES string of the molecule is CCOC(=O)c1ccc(N2C(=O)C[C@H](Nc3ccc(C(=O)N(C)C)cc3)C2=O)cc1. The number of imide groups is 1. The van der Waals surface area contributed by atoms with Crippen molar-refractivity contribution < 1.29 is 23.9 Å². The summed E-state index contributed by atoms with van der Waals surface area (Å²) >= 11 is 0. The van der Waals surface area contributed by atoms with Gasteiger partial charge in [0.2, 0.25) is 5.91 Å². The van der Waals surface area contributed by atoms with Gasteiger partial charge in [0.1, 0.15) is 6.04 Å². The van der Waals surface area contributed by atoms with E-state index < -0.39 is 12.0 Å². The number of nitrogens with zero attached hydrogens (tertiary/aromatic N) is 2. The maximum absolute atomic E-state index is 12.8. The Morgan fingerprint density at radius 1 is 1.03 bits per heavy atom. The van der Waals surface area contributed by atoms with Gasteiger partial charge in [-0.3, -0.25) is 14.4 Å². The molecular formula is C22H23N3O5. The van der Waals surface area contributed by atoms with Crippen LogP contribution in [0.3, 0.4) is 0 Å². The van der Waals surface area contributed by atoms with Crippen molar-refractivity contribution >= 4 is 35.1 Å². The van der Waals surface area contributed by atoms with E-state index in [9.17, 15) is 19.2 Å². The van der Waals surface area contributed by atoms with Crippen LogP contribution in [0.5, 0.6) is 0 Å². The zero-order valence-corrected chi connectivity index (χ0v) is 17.0. The van der Waals surface area contributed by atoms with Crippen LogP contribution in [0.15, 0.2) is 48.5 Å². The Morgan fingerprint density at radius 2 is 1.63 bits per heavy atom. The molecule has 1 saturated heterocycles. The number of amides is 3. The summed E-state index contributed by atoms with van der Waals surface area (Å²) in [5.41, 5.74) is 1.91. The fraction of sp³-hybridized carbons (Fsp3) is 0.273. The summed E-state index contributed by atoms with van der Waals surface area (Å²) in [5.74, 6) is -1.29. The van der Waals surface area contributed by atoms with E-state index in [0.717, 1.165) is 4.90 Å². The molecule has 1 atom stereocenters. The van der Waals surface area contributed by atoms with E-state index in [1.54, 1.807) is 57.4 Å².